The normalized spacial score (nSPS) is 12.4. The van der Waals surface area contributed by atoms with E-state index in [2.05, 4.69) is 30.3 Å². The molecule has 0 saturated heterocycles. The molecule has 4 heteroatoms. The highest BCUT2D eigenvalue weighted by Gasteiger charge is 2.07. The minimum atomic E-state index is 0.287. The van der Waals surface area contributed by atoms with Crippen molar-refractivity contribution in [3.63, 3.8) is 0 Å². The molecule has 0 fully saturated rings. The third-order valence-corrected chi connectivity index (χ3v) is 2.75. The highest BCUT2D eigenvalue weighted by atomic mass is 15.3. The monoisotopic (exact) mass is 206 g/mol. The second-order valence-corrected chi connectivity index (χ2v) is 3.73. The number of nitriles is 1. The summed E-state index contributed by atoms with van der Waals surface area (Å²) in [6.45, 7) is 4.93. The van der Waals surface area contributed by atoms with Crippen LogP contribution in [0.2, 0.25) is 0 Å². The summed E-state index contributed by atoms with van der Waals surface area (Å²) in [5, 5.41) is 16.2. The Morgan fingerprint density at radius 1 is 1.67 bits per heavy atom. The van der Waals surface area contributed by atoms with Crippen LogP contribution in [0.3, 0.4) is 0 Å². The number of nitrogens with zero attached hydrogens (tertiary/aromatic N) is 3. The summed E-state index contributed by atoms with van der Waals surface area (Å²) in [6.07, 6.45) is 3.42. The van der Waals surface area contributed by atoms with Gasteiger partial charge in [0, 0.05) is 30.9 Å². The molecule has 1 aromatic heterocycles. The van der Waals surface area contributed by atoms with E-state index in [1.54, 1.807) is 0 Å². The molecule has 0 aromatic carbocycles. The van der Waals surface area contributed by atoms with Gasteiger partial charge in [0.1, 0.15) is 0 Å². The van der Waals surface area contributed by atoms with Crippen LogP contribution in [-0.4, -0.2) is 15.8 Å². The number of nitrogens with one attached hydrogen (secondary N) is 1. The number of hydrogen-bond acceptors (Lipinski definition) is 3. The molecule has 1 atom stereocenters. The maximum atomic E-state index is 8.62. The highest BCUT2D eigenvalue weighted by molar-refractivity contribution is 5.15. The fraction of sp³-hybridized carbons (Fsp3) is 0.636. The molecule has 0 spiro atoms. The molecule has 15 heavy (non-hydrogen) atoms. The second-order valence-electron chi connectivity index (χ2n) is 3.73. The standard InChI is InChI=1S/C11H18N4/c1-4-11(5-6-12)13-7-10-8-14-15(3)9(10)2/h8,11,13H,4-5,7H2,1-3H3. The second kappa shape index (κ2) is 5.52. The van der Waals surface area contributed by atoms with Gasteiger partial charge in [0.15, 0.2) is 0 Å². The van der Waals surface area contributed by atoms with Crippen LogP contribution in [0.15, 0.2) is 6.20 Å². The topological polar surface area (TPSA) is 53.6 Å². The molecule has 0 bridgehead atoms. The molecule has 1 aromatic rings. The van der Waals surface area contributed by atoms with Gasteiger partial charge in [0.25, 0.3) is 0 Å². The third kappa shape index (κ3) is 3.07. The Morgan fingerprint density at radius 2 is 2.40 bits per heavy atom. The van der Waals surface area contributed by atoms with Gasteiger partial charge >= 0.3 is 0 Å². The lowest BCUT2D eigenvalue weighted by Crippen LogP contribution is -2.27. The van der Waals surface area contributed by atoms with E-state index in [4.69, 9.17) is 5.26 Å². The van der Waals surface area contributed by atoms with Crippen LogP contribution < -0.4 is 5.32 Å². The Balaban J connectivity index is 2.49. The van der Waals surface area contributed by atoms with Crippen molar-refractivity contribution in [3.8, 4) is 6.07 Å². The number of hydrogen-bond donors (Lipinski definition) is 1. The summed E-state index contributed by atoms with van der Waals surface area (Å²) in [5.74, 6) is 0. The molecule has 1 rings (SSSR count). The Bertz CT molecular complexity index is 348. The van der Waals surface area contributed by atoms with E-state index in [1.165, 1.54) is 11.3 Å². The van der Waals surface area contributed by atoms with E-state index in [-0.39, 0.29) is 6.04 Å². The van der Waals surface area contributed by atoms with Crippen molar-refractivity contribution in [2.24, 2.45) is 7.05 Å². The fourth-order valence-corrected chi connectivity index (χ4v) is 1.44. The van der Waals surface area contributed by atoms with Gasteiger partial charge in [0.05, 0.1) is 18.7 Å². The Morgan fingerprint density at radius 3 is 2.87 bits per heavy atom. The lowest BCUT2D eigenvalue weighted by atomic mass is 10.1. The lowest BCUT2D eigenvalue weighted by Gasteiger charge is -2.12. The van der Waals surface area contributed by atoms with E-state index in [1.807, 2.05) is 17.9 Å². The third-order valence-electron chi connectivity index (χ3n) is 2.75. The molecule has 1 unspecified atom stereocenters. The van der Waals surface area contributed by atoms with Crippen LogP contribution in [0.1, 0.15) is 31.0 Å². The van der Waals surface area contributed by atoms with E-state index in [0.29, 0.717) is 6.42 Å². The summed E-state index contributed by atoms with van der Waals surface area (Å²) in [7, 11) is 1.94. The predicted octanol–water partition coefficient (Wildman–Crippen LogP) is 1.51. The van der Waals surface area contributed by atoms with Crippen LogP contribution in [0.25, 0.3) is 0 Å². The fourth-order valence-electron chi connectivity index (χ4n) is 1.44. The molecule has 1 heterocycles. The smallest absolute Gasteiger partial charge is 0.0638 e. The molecule has 4 nitrogen and oxygen atoms in total. The maximum absolute atomic E-state index is 8.62. The van der Waals surface area contributed by atoms with E-state index in [9.17, 15) is 0 Å². The van der Waals surface area contributed by atoms with Crippen molar-refractivity contribution in [1.29, 1.82) is 5.26 Å². The van der Waals surface area contributed by atoms with Crippen molar-refractivity contribution >= 4 is 0 Å². The number of aromatic nitrogens is 2. The first kappa shape index (κ1) is 11.7. The number of rotatable bonds is 5. The molecular weight excluding hydrogens is 188 g/mol. The Labute approximate surface area is 90.9 Å². The average molecular weight is 206 g/mol. The SMILES string of the molecule is CCC(CC#N)NCc1cnn(C)c1C. The van der Waals surface area contributed by atoms with E-state index < -0.39 is 0 Å². The Kier molecular flexibility index (Phi) is 4.32. The van der Waals surface area contributed by atoms with Crippen LogP contribution in [0.5, 0.6) is 0 Å². The molecule has 0 aliphatic carbocycles. The zero-order valence-corrected chi connectivity index (χ0v) is 9.62. The first-order valence-corrected chi connectivity index (χ1v) is 5.26. The first-order chi connectivity index (χ1) is 7.19. The predicted molar refractivity (Wildman–Crippen MR) is 59.1 cm³/mol. The van der Waals surface area contributed by atoms with Crippen molar-refractivity contribution < 1.29 is 0 Å². The maximum Gasteiger partial charge on any atom is 0.0638 e. The van der Waals surface area contributed by atoms with Crippen LogP contribution in [-0.2, 0) is 13.6 Å². The summed E-state index contributed by atoms with van der Waals surface area (Å²) >= 11 is 0. The van der Waals surface area contributed by atoms with E-state index in [0.717, 1.165) is 13.0 Å². The molecule has 0 aliphatic heterocycles. The molecule has 1 N–H and O–H groups in total. The van der Waals surface area contributed by atoms with Crippen molar-refractivity contribution in [1.82, 2.24) is 15.1 Å². The summed E-state index contributed by atoms with van der Waals surface area (Å²) in [4.78, 5) is 0. The Hall–Kier alpha value is -1.34. The van der Waals surface area contributed by atoms with Gasteiger partial charge in [-0.25, -0.2) is 0 Å². The molecule has 0 amide bonds. The molecule has 0 saturated carbocycles. The van der Waals surface area contributed by atoms with Gasteiger partial charge in [-0.05, 0) is 13.3 Å². The summed E-state index contributed by atoms with van der Waals surface area (Å²) in [6, 6.07) is 2.48. The molecular formula is C11H18N4. The number of aryl methyl sites for hydroxylation is 1. The minimum absolute atomic E-state index is 0.287. The van der Waals surface area contributed by atoms with Gasteiger partial charge in [-0.1, -0.05) is 6.92 Å². The molecule has 82 valence electrons. The van der Waals surface area contributed by atoms with Crippen LogP contribution in [0.4, 0.5) is 0 Å². The van der Waals surface area contributed by atoms with Crippen LogP contribution in [0, 0.1) is 18.3 Å². The minimum Gasteiger partial charge on any atom is -0.309 e. The molecule has 0 aliphatic rings. The van der Waals surface area contributed by atoms with Crippen molar-refractivity contribution in [3.05, 3.63) is 17.5 Å². The van der Waals surface area contributed by atoms with Gasteiger partial charge in [-0.2, -0.15) is 10.4 Å². The zero-order valence-electron chi connectivity index (χ0n) is 9.62. The van der Waals surface area contributed by atoms with Gasteiger partial charge < -0.3 is 5.32 Å². The average Bonchev–Trinajstić information content (AvgIpc) is 2.55. The molecule has 0 radical (unpaired) electrons. The first-order valence-electron chi connectivity index (χ1n) is 5.26. The summed E-state index contributed by atoms with van der Waals surface area (Å²) < 4.78 is 1.86. The summed E-state index contributed by atoms with van der Waals surface area (Å²) in [5.41, 5.74) is 2.38. The van der Waals surface area contributed by atoms with Gasteiger partial charge in [-0.3, -0.25) is 4.68 Å². The van der Waals surface area contributed by atoms with Crippen molar-refractivity contribution in [2.75, 3.05) is 0 Å². The van der Waals surface area contributed by atoms with Crippen molar-refractivity contribution in [2.45, 2.75) is 39.3 Å². The van der Waals surface area contributed by atoms with E-state index >= 15 is 0 Å². The van der Waals surface area contributed by atoms with Gasteiger partial charge in [0.2, 0.25) is 0 Å². The highest BCUT2D eigenvalue weighted by Crippen LogP contribution is 2.06. The van der Waals surface area contributed by atoms with Crippen LogP contribution >= 0.6 is 0 Å². The largest absolute Gasteiger partial charge is 0.309 e. The zero-order chi connectivity index (χ0) is 11.3. The quantitative estimate of drug-likeness (QED) is 0.794. The van der Waals surface area contributed by atoms with Gasteiger partial charge in [-0.15, -0.1) is 0 Å². The lowest BCUT2D eigenvalue weighted by molar-refractivity contribution is 0.504.